The first-order valence-corrected chi connectivity index (χ1v) is 13.7. The Balaban J connectivity index is 1.77. The minimum Gasteiger partial charge on any atom is -0.497 e. The van der Waals surface area contributed by atoms with Crippen molar-refractivity contribution < 1.29 is 33.7 Å². The number of rotatable bonds is 13. The number of unbranched alkanes of at least 4 members (excludes halogenated alkanes) is 2. The molecule has 1 aromatic carbocycles. The number of likely N-dealkylation sites (tertiary alicyclic amines) is 1. The molecule has 3 fully saturated rings. The van der Waals surface area contributed by atoms with Crippen LogP contribution >= 0.6 is 0 Å². The Kier molecular flexibility index (Phi) is 8.47. The average Bonchev–Trinajstić information content (AvgIpc) is 3.53. The van der Waals surface area contributed by atoms with Crippen molar-refractivity contribution in [1.82, 2.24) is 4.90 Å². The van der Waals surface area contributed by atoms with Gasteiger partial charge in [0.25, 0.3) is 5.91 Å². The van der Waals surface area contributed by atoms with Gasteiger partial charge in [0.1, 0.15) is 23.3 Å². The van der Waals surface area contributed by atoms with Crippen LogP contribution in [0.15, 0.2) is 36.9 Å². The lowest BCUT2D eigenvalue weighted by Crippen LogP contribution is -2.56. The molecule has 4 rings (SSSR count). The molecule has 1 N–H and O–H groups in total. The smallest absolute Gasteiger partial charge is 0.312 e. The molecular formula is C29H40N2O7. The summed E-state index contributed by atoms with van der Waals surface area (Å²) in [6.07, 6.45) is 5.27. The van der Waals surface area contributed by atoms with Crippen LogP contribution in [0.25, 0.3) is 0 Å². The van der Waals surface area contributed by atoms with E-state index in [0.29, 0.717) is 50.1 Å². The van der Waals surface area contributed by atoms with E-state index in [2.05, 4.69) is 6.58 Å². The molecular weight excluding hydrogens is 488 g/mol. The van der Waals surface area contributed by atoms with Crippen LogP contribution in [0.4, 0.5) is 5.69 Å². The van der Waals surface area contributed by atoms with E-state index in [0.717, 1.165) is 6.42 Å². The van der Waals surface area contributed by atoms with Crippen LogP contribution in [0.1, 0.15) is 52.4 Å². The monoisotopic (exact) mass is 528 g/mol. The number of ether oxygens (including phenoxy) is 3. The number of benzene rings is 1. The second kappa shape index (κ2) is 11.5. The standard InChI is InChI=1S/C29H40N2O7/c1-5-17-30(20-11-13-21(36-4)14-12-20)26(34)24-29-16-15-28(6-2,38-29)23(27(35)37-7-3)22(29)25(33)31(24)18-9-8-10-19-32/h5,11-14,22-24,32H,1,6-10,15-19H2,2-4H3/t22-,23+,24?,28-,29?/m0/s1. The lowest BCUT2D eigenvalue weighted by atomic mass is 9.65. The maximum atomic E-state index is 14.5. The van der Waals surface area contributed by atoms with Gasteiger partial charge in [-0.05, 0) is 69.7 Å². The molecule has 38 heavy (non-hydrogen) atoms. The fourth-order valence-electron chi connectivity index (χ4n) is 6.76. The number of fused-ring (bicyclic) bond motifs is 1. The summed E-state index contributed by atoms with van der Waals surface area (Å²) < 4.78 is 17.5. The summed E-state index contributed by atoms with van der Waals surface area (Å²) in [6, 6.07) is 6.29. The average molecular weight is 529 g/mol. The first-order chi connectivity index (χ1) is 18.3. The molecule has 0 saturated carbocycles. The Morgan fingerprint density at radius 1 is 1.21 bits per heavy atom. The number of methoxy groups -OCH3 is 1. The van der Waals surface area contributed by atoms with Crippen LogP contribution < -0.4 is 9.64 Å². The maximum absolute atomic E-state index is 14.5. The zero-order chi connectivity index (χ0) is 27.5. The van der Waals surface area contributed by atoms with E-state index >= 15 is 0 Å². The molecule has 3 heterocycles. The second-order valence-corrected chi connectivity index (χ2v) is 10.3. The number of aliphatic hydroxyl groups excluding tert-OH is 1. The van der Waals surface area contributed by atoms with Gasteiger partial charge in [-0.3, -0.25) is 14.4 Å². The molecule has 2 unspecified atom stereocenters. The Labute approximate surface area is 224 Å². The highest BCUT2D eigenvalue weighted by Crippen LogP contribution is 2.64. The molecule has 9 heteroatoms. The molecule has 9 nitrogen and oxygen atoms in total. The highest BCUT2D eigenvalue weighted by atomic mass is 16.6. The number of carbonyl (C=O) groups excluding carboxylic acids is 3. The molecule has 1 spiro atoms. The number of carbonyl (C=O) groups is 3. The summed E-state index contributed by atoms with van der Waals surface area (Å²) >= 11 is 0. The fourth-order valence-corrected chi connectivity index (χ4v) is 6.76. The fraction of sp³-hybridized carbons (Fsp3) is 0.621. The van der Waals surface area contributed by atoms with Crippen LogP contribution in [0.3, 0.4) is 0 Å². The molecule has 0 radical (unpaired) electrons. The number of esters is 1. The summed E-state index contributed by atoms with van der Waals surface area (Å²) in [7, 11) is 1.58. The maximum Gasteiger partial charge on any atom is 0.312 e. The second-order valence-electron chi connectivity index (χ2n) is 10.3. The molecule has 208 valence electrons. The van der Waals surface area contributed by atoms with Gasteiger partial charge < -0.3 is 29.1 Å². The first kappa shape index (κ1) is 28.1. The lowest BCUT2D eigenvalue weighted by Gasteiger charge is -2.37. The number of aliphatic hydroxyl groups is 1. The largest absolute Gasteiger partial charge is 0.497 e. The van der Waals surface area contributed by atoms with Crippen molar-refractivity contribution in [3.63, 3.8) is 0 Å². The van der Waals surface area contributed by atoms with E-state index in [-0.39, 0.29) is 31.6 Å². The Hall–Kier alpha value is -2.91. The van der Waals surface area contributed by atoms with Crippen LogP contribution in [0, 0.1) is 11.8 Å². The number of nitrogens with zero attached hydrogens (tertiary/aromatic N) is 2. The van der Waals surface area contributed by atoms with Gasteiger partial charge in [-0.2, -0.15) is 0 Å². The zero-order valence-electron chi connectivity index (χ0n) is 22.7. The van der Waals surface area contributed by atoms with Gasteiger partial charge in [0.15, 0.2) is 0 Å². The zero-order valence-corrected chi connectivity index (χ0v) is 22.7. The van der Waals surface area contributed by atoms with Gasteiger partial charge in [-0.1, -0.05) is 13.0 Å². The van der Waals surface area contributed by atoms with Gasteiger partial charge in [0, 0.05) is 25.4 Å². The number of anilines is 1. The van der Waals surface area contributed by atoms with Gasteiger partial charge in [-0.15, -0.1) is 6.58 Å². The molecule has 2 bridgehead atoms. The molecule has 3 aliphatic heterocycles. The minimum atomic E-state index is -1.11. The van der Waals surface area contributed by atoms with Crippen molar-refractivity contribution in [2.24, 2.45) is 11.8 Å². The third kappa shape index (κ3) is 4.49. The summed E-state index contributed by atoms with van der Waals surface area (Å²) in [6.45, 7) is 8.43. The first-order valence-electron chi connectivity index (χ1n) is 13.7. The highest BCUT2D eigenvalue weighted by Gasteiger charge is 2.79. The molecule has 2 amide bonds. The van der Waals surface area contributed by atoms with E-state index in [1.807, 2.05) is 6.92 Å². The van der Waals surface area contributed by atoms with E-state index in [9.17, 15) is 19.5 Å². The van der Waals surface area contributed by atoms with Crippen molar-refractivity contribution in [3.8, 4) is 5.75 Å². The van der Waals surface area contributed by atoms with Gasteiger partial charge in [-0.25, -0.2) is 0 Å². The normalized spacial score (nSPS) is 29.3. The molecule has 1 aromatic rings. The van der Waals surface area contributed by atoms with E-state index in [1.54, 1.807) is 54.2 Å². The van der Waals surface area contributed by atoms with Crippen molar-refractivity contribution in [1.29, 1.82) is 0 Å². The van der Waals surface area contributed by atoms with E-state index in [4.69, 9.17) is 14.2 Å². The molecule has 0 aromatic heterocycles. The topological polar surface area (TPSA) is 106 Å². The summed E-state index contributed by atoms with van der Waals surface area (Å²) in [5, 5.41) is 9.23. The van der Waals surface area contributed by atoms with Crippen LogP contribution in [0.5, 0.6) is 5.75 Å². The van der Waals surface area contributed by atoms with Crippen LogP contribution in [-0.4, -0.2) is 78.4 Å². The van der Waals surface area contributed by atoms with E-state index in [1.165, 1.54) is 0 Å². The van der Waals surface area contributed by atoms with Crippen molar-refractivity contribution in [3.05, 3.63) is 36.9 Å². The summed E-state index contributed by atoms with van der Waals surface area (Å²) in [5.74, 6) is -1.78. The Morgan fingerprint density at radius 3 is 2.55 bits per heavy atom. The third-order valence-corrected chi connectivity index (χ3v) is 8.47. The van der Waals surface area contributed by atoms with Crippen LogP contribution in [-0.2, 0) is 23.9 Å². The number of hydrogen-bond donors (Lipinski definition) is 1. The number of amides is 2. The molecule has 3 aliphatic rings. The van der Waals surface area contributed by atoms with Gasteiger partial charge >= 0.3 is 5.97 Å². The van der Waals surface area contributed by atoms with Crippen LogP contribution in [0.2, 0.25) is 0 Å². The third-order valence-electron chi connectivity index (χ3n) is 8.47. The van der Waals surface area contributed by atoms with Crippen molar-refractivity contribution >= 4 is 23.5 Å². The summed E-state index contributed by atoms with van der Waals surface area (Å²) in [5.41, 5.74) is -1.27. The predicted octanol–water partition coefficient (Wildman–Crippen LogP) is 3.09. The molecule has 5 atom stereocenters. The van der Waals surface area contributed by atoms with Gasteiger partial charge in [0.2, 0.25) is 5.91 Å². The molecule has 3 saturated heterocycles. The highest BCUT2D eigenvalue weighted by molar-refractivity contribution is 6.04. The van der Waals surface area contributed by atoms with Gasteiger partial charge in [0.05, 0.1) is 25.2 Å². The molecule has 0 aliphatic carbocycles. The number of hydrogen-bond acceptors (Lipinski definition) is 7. The Morgan fingerprint density at radius 2 is 1.95 bits per heavy atom. The van der Waals surface area contributed by atoms with E-state index < -0.39 is 35.0 Å². The summed E-state index contributed by atoms with van der Waals surface area (Å²) in [4.78, 5) is 45.1. The lowest BCUT2D eigenvalue weighted by molar-refractivity contribution is -0.160. The quantitative estimate of drug-likeness (QED) is 0.238. The minimum absolute atomic E-state index is 0.0700. The van der Waals surface area contributed by atoms with Crippen molar-refractivity contribution in [2.45, 2.75) is 69.6 Å². The predicted molar refractivity (Wildman–Crippen MR) is 142 cm³/mol. The SMILES string of the molecule is C=CCN(C(=O)C1N(CCCCCO)C(=O)[C@@H]2[C@H](C(=O)OCC)[C@]3(CC)CCC12O3)c1ccc(OC)cc1. The van der Waals surface area contributed by atoms with Crippen molar-refractivity contribution in [2.75, 3.05) is 38.3 Å². The Bertz CT molecular complexity index is 1040.